The Balaban J connectivity index is 0.000000235. The van der Waals surface area contributed by atoms with Crippen molar-refractivity contribution < 1.29 is 60.0 Å². The fraction of sp³-hybridized carbons (Fsp3) is 0.368. The van der Waals surface area contributed by atoms with E-state index in [1.54, 1.807) is 46.9 Å². The number of aryl methyl sites for hydroxylation is 1. The number of carbonyl (C=O) groups is 2. The fourth-order valence-corrected chi connectivity index (χ4v) is 5.75. The molecule has 6 aromatic rings. The normalized spacial score (nSPS) is 11.7. The number of pyridine rings is 4. The maximum atomic E-state index is 13.0. The Hall–Kier alpha value is -6.20. The number of rotatable bonds is 18. The summed E-state index contributed by atoms with van der Waals surface area (Å²) in [5, 5.41) is 32.8. The van der Waals surface area contributed by atoms with Crippen LogP contribution in [-0.4, -0.2) is 120 Å². The van der Waals surface area contributed by atoms with E-state index in [4.69, 9.17) is 26.6 Å². The lowest BCUT2D eigenvalue weighted by atomic mass is 10.2. The van der Waals surface area contributed by atoms with Gasteiger partial charge in [0.25, 0.3) is 11.8 Å². The van der Waals surface area contributed by atoms with Crippen molar-refractivity contribution in [2.45, 2.75) is 51.4 Å². The summed E-state index contributed by atoms with van der Waals surface area (Å²) < 4.78 is 99.9. The van der Waals surface area contributed by atoms with E-state index in [2.05, 4.69) is 45.5 Å². The van der Waals surface area contributed by atoms with Crippen molar-refractivity contribution in [2.75, 3.05) is 39.5 Å². The molecule has 0 atom stereocenters. The minimum absolute atomic E-state index is 0.0352. The number of hydrogen-bond donors (Lipinski definition) is 4. The number of nitrogens with zero attached hydrogens (tertiary/aromatic N) is 8. The van der Waals surface area contributed by atoms with Gasteiger partial charge >= 0.3 is 18.5 Å². The van der Waals surface area contributed by atoms with E-state index in [0.717, 1.165) is 0 Å². The molecule has 0 aliphatic rings. The van der Waals surface area contributed by atoms with Crippen molar-refractivity contribution in [3.05, 3.63) is 94.5 Å². The van der Waals surface area contributed by atoms with Gasteiger partial charge in [0.05, 0.1) is 34.9 Å². The van der Waals surface area contributed by atoms with Crippen LogP contribution in [0.3, 0.4) is 0 Å². The van der Waals surface area contributed by atoms with Gasteiger partial charge in [-0.05, 0) is 55.2 Å². The van der Waals surface area contributed by atoms with Gasteiger partial charge in [0.15, 0.2) is 13.2 Å². The number of aromatic nitrogens is 8. The van der Waals surface area contributed by atoms with E-state index in [-0.39, 0.29) is 66.3 Å². The third kappa shape index (κ3) is 12.9. The topological polar surface area (TPSA) is 204 Å². The van der Waals surface area contributed by atoms with Gasteiger partial charge in [-0.3, -0.25) is 28.9 Å². The van der Waals surface area contributed by atoms with E-state index >= 15 is 0 Å². The highest BCUT2D eigenvalue weighted by atomic mass is 35.5. The molecule has 332 valence electrons. The quantitative estimate of drug-likeness (QED) is 0.0653. The van der Waals surface area contributed by atoms with Crippen LogP contribution in [0.4, 0.5) is 30.7 Å². The minimum atomic E-state index is -4.49. The van der Waals surface area contributed by atoms with E-state index in [1.165, 1.54) is 30.9 Å². The molecule has 0 radical (unpaired) electrons. The van der Waals surface area contributed by atoms with Crippen LogP contribution >= 0.6 is 11.6 Å². The Kier molecular flexibility index (Phi) is 15.9. The molecule has 0 spiro atoms. The van der Waals surface area contributed by atoms with E-state index in [1.807, 2.05) is 0 Å². The molecule has 0 aliphatic heterocycles. The third-order valence-electron chi connectivity index (χ3n) is 8.37. The summed E-state index contributed by atoms with van der Waals surface area (Å²) in [5.74, 6) is -5.51. The highest BCUT2D eigenvalue weighted by Crippen LogP contribution is 2.27. The summed E-state index contributed by atoms with van der Waals surface area (Å²) in [5.41, 5.74) is 3.12. The number of hydrogen-bond acceptors (Lipinski definition) is 12. The molecule has 16 nitrogen and oxygen atoms in total. The first-order valence-corrected chi connectivity index (χ1v) is 18.9. The van der Waals surface area contributed by atoms with Crippen molar-refractivity contribution in [1.82, 2.24) is 50.1 Å². The molecule has 0 saturated heterocycles. The maximum absolute atomic E-state index is 13.0. The molecule has 0 aromatic carbocycles. The predicted molar refractivity (Wildman–Crippen MR) is 208 cm³/mol. The second-order valence-corrected chi connectivity index (χ2v) is 13.8. The van der Waals surface area contributed by atoms with Crippen LogP contribution in [0.1, 0.15) is 50.5 Å². The summed E-state index contributed by atoms with van der Waals surface area (Å²) in [6.07, 6.45) is 1.45. The van der Waals surface area contributed by atoms with Gasteiger partial charge in [0, 0.05) is 69.0 Å². The van der Waals surface area contributed by atoms with Gasteiger partial charge in [-0.25, -0.2) is 18.7 Å². The lowest BCUT2D eigenvalue weighted by Gasteiger charge is -2.16. The largest absolute Gasteiger partial charge is 0.471 e. The van der Waals surface area contributed by atoms with Crippen LogP contribution in [0.2, 0.25) is 5.02 Å². The van der Waals surface area contributed by atoms with Gasteiger partial charge in [0.2, 0.25) is 11.8 Å². The standard InChI is InChI=1S/C20H21F4N5O3.C18H17ClF3N5O3/c1-12-7-13(8-27-18(12)32-11-20(23,24)19(21)22)9-29-10-14-15(28-29)3-5-25-16(14)17(31)26-4-2-6-30;19-13-6-11(7-25-17(13)30-10-18(20,21)22)8-27-9-12-14(26-27)2-4-23-15(12)16(29)24-3-1-5-28/h3,5,7-8,10,19,30H,2,4,6,9,11H2,1H3,(H,26,31);2,4,6-7,9,28H,1,3,5,8,10H2,(H,24,29). The number of halogens is 8. The molecule has 6 heterocycles. The smallest absolute Gasteiger partial charge is 0.422 e. The zero-order valence-corrected chi connectivity index (χ0v) is 33.3. The number of aliphatic hydroxyl groups excluding tert-OH is 2. The average molecular weight is 899 g/mol. The van der Waals surface area contributed by atoms with Crippen LogP contribution in [-0.2, 0) is 13.1 Å². The van der Waals surface area contributed by atoms with Crippen LogP contribution < -0.4 is 20.1 Å². The lowest BCUT2D eigenvalue weighted by molar-refractivity contribution is -0.154. The highest BCUT2D eigenvalue weighted by Gasteiger charge is 2.42. The van der Waals surface area contributed by atoms with Crippen molar-refractivity contribution in [2.24, 2.45) is 0 Å². The maximum Gasteiger partial charge on any atom is 0.422 e. The zero-order valence-electron chi connectivity index (χ0n) is 32.6. The Morgan fingerprint density at radius 3 is 1.69 bits per heavy atom. The fourth-order valence-electron chi connectivity index (χ4n) is 5.51. The summed E-state index contributed by atoms with van der Waals surface area (Å²) in [6, 6.07) is 6.36. The SMILES string of the molecule is Cc1cc(Cn2cc3c(C(=O)NCCCO)nccc3n2)cnc1OCC(F)(F)C(F)F.O=C(NCCCO)c1nccc2nn(Cc3cnc(OCC(F)(F)F)c(Cl)c3)cc12. The highest BCUT2D eigenvalue weighted by molar-refractivity contribution is 6.31. The number of fused-ring (bicyclic) bond motifs is 2. The molecule has 62 heavy (non-hydrogen) atoms. The third-order valence-corrected chi connectivity index (χ3v) is 8.64. The van der Waals surface area contributed by atoms with Crippen molar-refractivity contribution in [3.63, 3.8) is 0 Å². The summed E-state index contributed by atoms with van der Waals surface area (Å²) in [7, 11) is 0. The molecule has 2 amide bonds. The van der Waals surface area contributed by atoms with Gasteiger partial charge in [-0.1, -0.05) is 11.6 Å². The van der Waals surface area contributed by atoms with Gasteiger partial charge < -0.3 is 30.3 Å². The minimum Gasteiger partial charge on any atom is -0.471 e. The average Bonchev–Trinajstić information content (AvgIpc) is 3.83. The molecule has 4 N–H and O–H groups in total. The number of alkyl halides is 7. The Labute approximate surface area is 352 Å². The monoisotopic (exact) mass is 898 g/mol. The van der Waals surface area contributed by atoms with E-state index in [0.29, 0.717) is 64.4 Å². The second kappa shape index (κ2) is 21.1. The molecule has 24 heteroatoms. The van der Waals surface area contributed by atoms with E-state index in [9.17, 15) is 40.3 Å². The van der Waals surface area contributed by atoms with Crippen LogP contribution in [0.15, 0.2) is 61.4 Å². The van der Waals surface area contributed by atoms with Gasteiger partial charge in [-0.2, -0.15) is 32.1 Å². The number of amides is 2. The Morgan fingerprint density at radius 1 is 0.758 bits per heavy atom. The molecule has 6 aromatic heterocycles. The van der Waals surface area contributed by atoms with Crippen LogP contribution in [0, 0.1) is 6.92 Å². The molecule has 0 bridgehead atoms. The molecule has 0 unspecified atom stereocenters. The van der Waals surface area contributed by atoms with Crippen LogP contribution in [0.5, 0.6) is 11.8 Å². The summed E-state index contributed by atoms with van der Waals surface area (Å²) >= 11 is 5.97. The summed E-state index contributed by atoms with van der Waals surface area (Å²) in [4.78, 5) is 40.6. The molecular formula is C38H38ClF7N10O6. The first-order chi connectivity index (χ1) is 29.5. The van der Waals surface area contributed by atoms with Crippen LogP contribution in [0.25, 0.3) is 21.8 Å². The zero-order chi connectivity index (χ0) is 45.0. The number of nitrogens with one attached hydrogen (secondary N) is 2. The Morgan fingerprint density at radius 2 is 1.24 bits per heavy atom. The van der Waals surface area contributed by atoms with Crippen molar-refractivity contribution in [3.8, 4) is 11.8 Å². The first kappa shape index (κ1) is 46.9. The molecule has 0 saturated carbocycles. The Bertz CT molecular complexity index is 2470. The molecular weight excluding hydrogens is 861 g/mol. The van der Waals surface area contributed by atoms with Crippen molar-refractivity contribution >= 4 is 45.2 Å². The number of carbonyl (C=O) groups excluding carboxylic acids is 2. The second-order valence-electron chi connectivity index (χ2n) is 13.4. The number of aliphatic hydroxyl groups is 2. The molecule has 6 rings (SSSR count). The van der Waals surface area contributed by atoms with Crippen molar-refractivity contribution in [1.29, 1.82) is 0 Å². The molecule has 0 aliphatic carbocycles. The number of ether oxygens (including phenoxy) is 2. The van der Waals surface area contributed by atoms with E-state index < -0.39 is 31.7 Å². The molecule has 0 fully saturated rings. The first-order valence-electron chi connectivity index (χ1n) is 18.5. The van der Waals surface area contributed by atoms with Gasteiger partial charge in [-0.15, -0.1) is 0 Å². The predicted octanol–water partition coefficient (Wildman–Crippen LogP) is 5.16. The summed E-state index contributed by atoms with van der Waals surface area (Å²) in [6.45, 7) is -0.385. The van der Waals surface area contributed by atoms with Gasteiger partial charge in [0.1, 0.15) is 16.4 Å². The lowest BCUT2D eigenvalue weighted by Crippen LogP contribution is -2.34.